The van der Waals surface area contributed by atoms with Crippen molar-refractivity contribution in [2.45, 2.75) is 45.7 Å². The van der Waals surface area contributed by atoms with Crippen LogP contribution in [0.15, 0.2) is 12.4 Å². The summed E-state index contributed by atoms with van der Waals surface area (Å²) in [5.74, 6) is 1.39. The molecular formula is C15H26N4O. The molecule has 1 aromatic heterocycles. The third-order valence-corrected chi connectivity index (χ3v) is 3.67. The molecule has 5 nitrogen and oxygen atoms in total. The summed E-state index contributed by atoms with van der Waals surface area (Å²) >= 11 is 0. The third-order valence-electron chi connectivity index (χ3n) is 3.67. The van der Waals surface area contributed by atoms with Crippen molar-refractivity contribution in [2.75, 3.05) is 24.6 Å². The molecule has 1 aliphatic rings. The van der Waals surface area contributed by atoms with Gasteiger partial charge in [-0.25, -0.2) is 9.97 Å². The number of nitrogens with one attached hydrogen (secondary N) is 1. The van der Waals surface area contributed by atoms with E-state index in [2.05, 4.69) is 34.0 Å². The number of aromatic nitrogens is 2. The lowest BCUT2D eigenvalue weighted by Crippen LogP contribution is -2.42. The first kappa shape index (κ1) is 15.2. The Morgan fingerprint density at radius 1 is 1.35 bits per heavy atom. The van der Waals surface area contributed by atoms with Crippen molar-refractivity contribution in [3.63, 3.8) is 0 Å². The van der Waals surface area contributed by atoms with E-state index in [-0.39, 0.29) is 12.6 Å². The van der Waals surface area contributed by atoms with Crippen LogP contribution in [0, 0.1) is 5.92 Å². The second-order valence-electron chi connectivity index (χ2n) is 5.94. The summed E-state index contributed by atoms with van der Waals surface area (Å²) in [6, 6.07) is 0.175. The van der Waals surface area contributed by atoms with E-state index in [0.29, 0.717) is 5.92 Å². The number of aliphatic hydroxyl groups is 1. The molecule has 1 unspecified atom stereocenters. The average Bonchev–Trinajstić information content (AvgIpc) is 2.47. The monoisotopic (exact) mass is 278 g/mol. The minimum Gasteiger partial charge on any atom is -0.394 e. The Morgan fingerprint density at radius 3 is 2.75 bits per heavy atom. The number of anilines is 1. The molecule has 2 N–H and O–H groups in total. The van der Waals surface area contributed by atoms with Gasteiger partial charge in [-0.3, -0.25) is 0 Å². The highest BCUT2D eigenvalue weighted by Gasteiger charge is 2.23. The number of piperidine rings is 1. The van der Waals surface area contributed by atoms with Gasteiger partial charge in [-0.05, 0) is 31.7 Å². The zero-order chi connectivity index (χ0) is 14.4. The second kappa shape index (κ2) is 7.55. The molecule has 0 radical (unpaired) electrons. The van der Waals surface area contributed by atoms with Crippen LogP contribution in [0.25, 0.3) is 0 Å². The van der Waals surface area contributed by atoms with Crippen molar-refractivity contribution in [1.29, 1.82) is 0 Å². The van der Waals surface area contributed by atoms with Crippen LogP contribution in [0.5, 0.6) is 0 Å². The minimum atomic E-state index is 0.175. The van der Waals surface area contributed by atoms with E-state index in [0.717, 1.165) is 44.0 Å². The molecule has 5 heteroatoms. The number of hydrogen-bond donors (Lipinski definition) is 2. The van der Waals surface area contributed by atoms with Crippen LogP contribution >= 0.6 is 0 Å². The molecule has 20 heavy (non-hydrogen) atoms. The van der Waals surface area contributed by atoms with Crippen molar-refractivity contribution in [3.8, 4) is 0 Å². The van der Waals surface area contributed by atoms with Gasteiger partial charge in [-0.1, -0.05) is 13.8 Å². The highest BCUT2D eigenvalue weighted by molar-refractivity contribution is 5.32. The molecule has 2 heterocycles. The highest BCUT2D eigenvalue weighted by atomic mass is 16.3. The Labute approximate surface area is 121 Å². The fraction of sp³-hybridized carbons (Fsp3) is 0.733. The predicted octanol–water partition coefficient (Wildman–Crippen LogP) is 1.57. The van der Waals surface area contributed by atoms with Gasteiger partial charge in [0.05, 0.1) is 12.6 Å². The largest absolute Gasteiger partial charge is 0.394 e. The Kier molecular flexibility index (Phi) is 5.73. The normalized spacial score (nSPS) is 19.6. The van der Waals surface area contributed by atoms with Gasteiger partial charge in [0, 0.05) is 31.0 Å². The Balaban J connectivity index is 1.93. The summed E-state index contributed by atoms with van der Waals surface area (Å²) in [4.78, 5) is 11.1. The van der Waals surface area contributed by atoms with Crippen molar-refractivity contribution in [2.24, 2.45) is 5.92 Å². The molecule has 1 atom stereocenters. The number of hydrogen-bond acceptors (Lipinski definition) is 5. The lowest BCUT2D eigenvalue weighted by molar-refractivity contribution is 0.239. The van der Waals surface area contributed by atoms with Gasteiger partial charge in [-0.2, -0.15) is 0 Å². The van der Waals surface area contributed by atoms with E-state index in [9.17, 15) is 5.11 Å². The quantitative estimate of drug-likeness (QED) is 0.827. The summed E-state index contributed by atoms with van der Waals surface area (Å²) < 4.78 is 0. The minimum absolute atomic E-state index is 0.175. The van der Waals surface area contributed by atoms with Gasteiger partial charge in [0.2, 0.25) is 5.95 Å². The van der Waals surface area contributed by atoms with Gasteiger partial charge in [0.1, 0.15) is 0 Å². The van der Waals surface area contributed by atoms with Crippen LogP contribution in [0.4, 0.5) is 5.95 Å². The van der Waals surface area contributed by atoms with Crippen molar-refractivity contribution in [1.82, 2.24) is 15.3 Å². The van der Waals surface area contributed by atoms with Gasteiger partial charge in [-0.15, -0.1) is 0 Å². The third kappa shape index (κ3) is 4.15. The average molecular weight is 278 g/mol. The molecule has 0 spiro atoms. The van der Waals surface area contributed by atoms with E-state index >= 15 is 0 Å². The summed E-state index contributed by atoms with van der Waals surface area (Å²) in [6.07, 6.45) is 7.13. The van der Waals surface area contributed by atoms with E-state index in [1.807, 2.05) is 12.4 Å². The number of nitrogens with zero attached hydrogens (tertiary/aromatic N) is 3. The maximum atomic E-state index is 9.44. The first-order chi connectivity index (χ1) is 9.70. The highest BCUT2D eigenvalue weighted by Crippen LogP contribution is 2.21. The molecule has 1 aliphatic heterocycles. The maximum Gasteiger partial charge on any atom is 0.225 e. The molecule has 0 aromatic carbocycles. The fourth-order valence-electron chi connectivity index (χ4n) is 2.55. The lowest BCUT2D eigenvalue weighted by Gasteiger charge is -2.34. The smallest absolute Gasteiger partial charge is 0.225 e. The van der Waals surface area contributed by atoms with Crippen LogP contribution in [0.1, 0.15) is 38.7 Å². The molecule has 1 fully saturated rings. The molecule has 0 aliphatic carbocycles. The molecule has 1 aromatic rings. The summed E-state index contributed by atoms with van der Waals surface area (Å²) in [7, 11) is 0. The Hall–Kier alpha value is -1.20. The molecule has 0 saturated carbocycles. The summed E-state index contributed by atoms with van der Waals surface area (Å²) in [5, 5.41) is 12.8. The molecular weight excluding hydrogens is 252 g/mol. The van der Waals surface area contributed by atoms with Crippen LogP contribution in [-0.4, -0.2) is 40.8 Å². The van der Waals surface area contributed by atoms with E-state index in [1.165, 1.54) is 6.42 Å². The topological polar surface area (TPSA) is 61.3 Å². The van der Waals surface area contributed by atoms with Gasteiger partial charge < -0.3 is 15.3 Å². The zero-order valence-corrected chi connectivity index (χ0v) is 12.5. The molecule has 112 valence electrons. The van der Waals surface area contributed by atoms with Crippen molar-refractivity contribution >= 4 is 5.95 Å². The van der Waals surface area contributed by atoms with Crippen molar-refractivity contribution in [3.05, 3.63) is 18.0 Å². The zero-order valence-electron chi connectivity index (χ0n) is 12.5. The van der Waals surface area contributed by atoms with Gasteiger partial charge >= 0.3 is 0 Å². The fourth-order valence-corrected chi connectivity index (χ4v) is 2.55. The van der Waals surface area contributed by atoms with Gasteiger partial charge in [0.15, 0.2) is 0 Å². The van der Waals surface area contributed by atoms with Crippen LogP contribution < -0.4 is 10.2 Å². The van der Waals surface area contributed by atoms with E-state index in [1.54, 1.807) is 0 Å². The number of aliphatic hydroxyl groups excluding tert-OH is 1. The van der Waals surface area contributed by atoms with E-state index < -0.39 is 0 Å². The maximum absolute atomic E-state index is 9.44. The van der Waals surface area contributed by atoms with Crippen LogP contribution in [0.2, 0.25) is 0 Å². The van der Waals surface area contributed by atoms with Crippen molar-refractivity contribution < 1.29 is 5.11 Å². The summed E-state index contributed by atoms with van der Waals surface area (Å²) in [6.45, 7) is 7.32. The SMILES string of the molecule is CC(C)CNCc1cnc(N2CCCCC2CO)nc1. The lowest BCUT2D eigenvalue weighted by atomic mass is 10.0. The molecule has 2 rings (SSSR count). The van der Waals surface area contributed by atoms with E-state index in [4.69, 9.17) is 0 Å². The predicted molar refractivity (Wildman–Crippen MR) is 80.6 cm³/mol. The summed E-state index contributed by atoms with van der Waals surface area (Å²) in [5.41, 5.74) is 1.10. The first-order valence-electron chi connectivity index (χ1n) is 7.60. The standard InChI is InChI=1S/C15H26N4O/c1-12(2)7-16-8-13-9-17-15(18-10-13)19-6-4-3-5-14(19)11-20/h9-10,12,14,16,20H,3-8,11H2,1-2H3. The number of rotatable bonds is 6. The Bertz CT molecular complexity index is 393. The van der Waals surface area contributed by atoms with Crippen LogP contribution in [0.3, 0.4) is 0 Å². The van der Waals surface area contributed by atoms with Gasteiger partial charge in [0.25, 0.3) is 0 Å². The van der Waals surface area contributed by atoms with Crippen LogP contribution in [-0.2, 0) is 6.54 Å². The Morgan fingerprint density at radius 2 is 2.10 bits per heavy atom. The molecule has 0 bridgehead atoms. The second-order valence-corrected chi connectivity index (χ2v) is 5.94. The molecule has 0 amide bonds. The first-order valence-corrected chi connectivity index (χ1v) is 7.60. The molecule has 1 saturated heterocycles.